The molecule has 1 aliphatic heterocycles. The van der Waals surface area contributed by atoms with Crippen molar-refractivity contribution in [2.24, 2.45) is 0 Å². The summed E-state index contributed by atoms with van der Waals surface area (Å²) in [6.07, 6.45) is -2.67. The molecule has 1 heterocycles. The van der Waals surface area contributed by atoms with Crippen LogP contribution in [-0.4, -0.2) is 23.7 Å². The Morgan fingerprint density at radius 1 is 1.26 bits per heavy atom. The van der Waals surface area contributed by atoms with Gasteiger partial charge in [0, 0.05) is 12.2 Å². The lowest BCUT2D eigenvalue weighted by Crippen LogP contribution is -2.45. The molecule has 1 atom stereocenters. The third-order valence-electron chi connectivity index (χ3n) is 3.31. The zero-order valence-electron chi connectivity index (χ0n) is 10.2. The lowest BCUT2D eigenvalue weighted by atomic mass is 9.99. The van der Waals surface area contributed by atoms with Crippen molar-refractivity contribution >= 4 is 11.7 Å². The number of benzene rings is 1. The van der Waals surface area contributed by atoms with Gasteiger partial charge in [0.05, 0.1) is 5.56 Å². The highest BCUT2D eigenvalue weighted by Crippen LogP contribution is 2.38. The number of carboxylic acids is 1. The minimum absolute atomic E-state index is 0.0397. The average molecular weight is 273 g/mol. The summed E-state index contributed by atoms with van der Waals surface area (Å²) in [7, 11) is 0. The van der Waals surface area contributed by atoms with E-state index in [1.807, 2.05) is 0 Å². The van der Waals surface area contributed by atoms with Gasteiger partial charge >= 0.3 is 12.1 Å². The molecule has 0 radical (unpaired) electrons. The smallest absolute Gasteiger partial charge is 0.418 e. The maximum atomic E-state index is 13.0. The number of piperidine rings is 1. The molecule has 6 heteroatoms. The number of carbonyl (C=O) groups is 1. The lowest BCUT2D eigenvalue weighted by Gasteiger charge is -2.36. The summed E-state index contributed by atoms with van der Waals surface area (Å²) in [6, 6.07) is 4.26. The molecule has 1 aromatic carbocycles. The molecule has 2 rings (SSSR count). The van der Waals surface area contributed by atoms with Crippen LogP contribution in [0.15, 0.2) is 24.3 Å². The third kappa shape index (κ3) is 2.83. The van der Waals surface area contributed by atoms with Crippen LogP contribution in [0, 0.1) is 0 Å². The second-order valence-corrected chi connectivity index (χ2v) is 4.56. The number of anilines is 1. The first-order chi connectivity index (χ1) is 8.91. The number of carboxylic acid groups (broad SMARTS) is 1. The topological polar surface area (TPSA) is 40.5 Å². The summed E-state index contributed by atoms with van der Waals surface area (Å²) >= 11 is 0. The van der Waals surface area contributed by atoms with Crippen molar-refractivity contribution in [1.82, 2.24) is 0 Å². The van der Waals surface area contributed by atoms with Crippen LogP contribution in [0.1, 0.15) is 24.8 Å². The SMILES string of the molecule is O=C(O)C1CCCCN1c1ccccc1C(F)(F)F. The van der Waals surface area contributed by atoms with Crippen molar-refractivity contribution in [3.63, 3.8) is 0 Å². The molecule has 3 nitrogen and oxygen atoms in total. The molecule has 104 valence electrons. The van der Waals surface area contributed by atoms with Crippen molar-refractivity contribution in [1.29, 1.82) is 0 Å². The van der Waals surface area contributed by atoms with Crippen LogP contribution < -0.4 is 4.90 Å². The zero-order chi connectivity index (χ0) is 14.0. The van der Waals surface area contributed by atoms with Crippen molar-refractivity contribution < 1.29 is 23.1 Å². The molecule has 1 N–H and O–H groups in total. The molecular weight excluding hydrogens is 259 g/mol. The minimum atomic E-state index is -4.48. The van der Waals surface area contributed by atoms with Gasteiger partial charge in [-0.3, -0.25) is 0 Å². The Hall–Kier alpha value is -1.72. The molecular formula is C13H14F3NO2. The highest BCUT2D eigenvalue weighted by molar-refractivity contribution is 5.79. The van der Waals surface area contributed by atoms with Gasteiger partial charge in [-0.1, -0.05) is 12.1 Å². The van der Waals surface area contributed by atoms with Crippen LogP contribution in [0.4, 0.5) is 18.9 Å². The van der Waals surface area contributed by atoms with Crippen molar-refractivity contribution in [2.75, 3.05) is 11.4 Å². The van der Waals surface area contributed by atoms with E-state index in [-0.39, 0.29) is 5.69 Å². The predicted molar refractivity (Wildman–Crippen MR) is 64.1 cm³/mol. The Labute approximate surface area is 108 Å². The molecule has 0 aromatic heterocycles. The number of rotatable bonds is 2. The Balaban J connectivity index is 2.42. The Bertz CT molecular complexity index is 473. The van der Waals surface area contributed by atoms with Gasteiger partial charge in [-0.2, -0.15) is 13.2 Å². The summed E-state index contributed by atoms with van der Waals surface area (Å²) in [5.41, 5.74) is -0.815. The summed E-state index contributed by atoms with van der Waals surface area (Å²) in [4.78, 5) is 12.5. The Morgan fingerprint density at radius 2 is 1.95 bits per heavy atom. The van der Waals surface area contributed by atoms with Crippen LogP contribution >= 0.6 is 0 Å². The number of para-hydroxylation sites is 1. The molecule has 0 bridgehead atoms. The molecule has 0 amide bonds. The molecule has 1 unspecified atom stereocenters. The van der Waals surface area contributed by atoms with E-state index in [1.165, 1.54) is 23.1 Å². The summed E-state index contributed by atoms with van der Waals surface area (Å²) in [5.74, 6) is -1.07. The van der Waals surface area contributed by atoms with E-state index < -0.39 is 23.8 Å². The van der Waals surface area contributed by atoms with Gasteiger partial charge in [-0.05, 0) is 31.4 Å². The highest BCUT2D eigenvalue weighted by atomic mass is 19.4. The predicted octanol–water partition coefficient (Wildman–Crippen LogP) is 3.15. The summed E-state index contributed by atoms with van der Waals surface area (Å²) in [6.45, 7) is 0.337. The maximum Gasteiger partial charge on any atom is 0.418 e. The van der Waals surface area contributed by atoms with E-state index in [4.69, 9.17) is 5.11 Å². The number of alkyl halides is 3. The molecule has 1 aromatic rings. The Morgan fingerprint density at radius 3 is 2.58 bits per heavy atom. The van der Waals surface area contributed by atoms with Crippen LogP contribution in [0.5, 0.6) is 0 Å². The molecule has 0 aliphatic carbocycles. The largest absolute Gasteiger partial charge is 0.480 e. The van der Waals surface area contributed by atoms with Crippen molar-refractivity contribution in [3.05, 3.63) is 29.8 Å². The fourth-order valence-electron chi connectivity index (χ4n) is 2.44. The number of aliphatic carboxylic acids is 1. The zero-order valence-corrected chi connectivity index (χ0v) is 10.2. The molecule has 19 heavy (non-hydrogen) atoms. The molecule has 0 spiro atoms. The van der Waals surface area contributed by atoms with Crippen molar-refractivity contribution in [2.45, 2.75) is 31.5 Å². The van der Waals surface area contributed by atoms with Gasteiger partial charge in [-0.25, -0.2) is 4.79 Å². The Kier molecular flexibility index (Phi) is 3.68. The number of halogens is 3. The first kappa shape index (κ1) is 13.7. The van der Waals surface area contributed by atoms with E-state index in [9.17, 15) is 18.0 Å². The van der Waals surface area contributed by atoms with E-state index in [2.05, 4.69) is 0 Å². The van der Waals surface area contributed by atoms with E-state index >= 15 is 0 Å². The first-order valence-corrected chi connectivity index (χ1v) is 6.07. The highest BCUT2D eigenvalue weighted by Gasteiger charge is 2.37. The van der Waals surface area contributed by atoms with Crippen LogP contribution in [-0.2, 0) is 11.0 Å². The quantitative estimate of drug-likeness (QED) is 0.899. The van der Waals surface area contributed by atoms with Gasteiger partial charge in [0.2, 0.25) is 0 Å². The lowest BCUT2D eigenvalue weighted by molar-refractivity contribution is -0.140. The number of hydrogen-bond acceptors (Lipinski definition) is 2. The van der Waals surface area contributed by atoms with Crippen molar-refractivity contribution in [3.8, 4) is 0 Å². The summed E-state index contributed by atoms with van der Waals surface area (Å²) < 4.78 is 38.9. The average Bonchev–Trinajstić information content (AvgIpc) is 2.37. The van der Waals surface area contributed by atoms with E-state index in [0.717, 1.165) is 12.5 Å². The number of hydrogen-bond donors (Lipinski definition) is 1. The van der Waals surface area contributed by atoms with E-state index in [1.54, 1.807) is 0 Å². The monoisotopic (exact) mass is 273 g/mol. The molecule has 1 fully saturated rings. The fraction of sp³-hybridized carbons (Fsp3) is 0.462. The number of nitrogens with zero attached hydrogens (tertiary/aromatic N) is 1. The van der Waals surface area contributed by atoms with E-state index in [0.29, 0.717) is 19.4 Å². The van der Waals surface area contributed by atoms with Crippen LogP contribution in [0.25, 0.3) is 0 Å². The van der Waals surface area contributed by atoms with Gasteiger partial charge in [0.1, 0.15) is 6.04 Å². The van der Waals surface area contributed by atoms with Gasteiger partial charge in [-0.15, -0.1) is 0 Å². The molecule has 0 saturated carbocycles. The second-order valence-electron chi connectivity index (χ2n) is 4.56. The minimum Gasteiger partial charge on any atom is -0.480 e. The third-order valence-corrected chi connectivity index (χ3v) is 3.31. The standard InChI is InChI=1S/C13H14F3NO2/c14-13(15,16)9-5-1-2-6-10(9)17-8-4-3-7-11(17)12(18)19/h1-2,5-6,11H,3-4,7-8H2,(H,18,19). The maximum absolute atomic E-state index is 13.0. The normalized spacial score (nSPS) is 20.4. The van der Waals surface area contributed by atoms with Gasteiger partial charge in [0.15, 0.2) is 0 Å². The first-order valence-electron chi connectivity index (χ1n) is 6.07. The fourth-order valence-corrected chi connectivity index (χ4v) is 2.44. The molecule has 1 saturated heterocycles. The van der Waals surface area contributed by atoms with Crippen LogP contribution in [0.2, 0.25) is 0 Å². The van der Waals surface area contributed by atoms with Gasteiger partial charge in [0.25, 0.3) is 0 Å². The van der Waals surface area contributed by atoms with Crippen LogP contribution in [0.3, 0.4) is 0 Å². The summed E-state index contributed by atoms with van der Waals surface area (Å²) in [5, 5.41) is 9.14. The molecule has 1 aliphatic rings. The van der Waals surface area contributed by atoms with Gasteiger partial charge < -0.3 is 10.0 Å². The second kappa shape index (κ2) is 5.11.